The molecule has 2 N–H and O–H groups in total. The maximum Gasteiger partial charge on any atom is 0.141 e. The van der Waals surface area contributed by atoms with Gasteiger partial charge in [-0.05, 0) is 19.9 Å². The molecular weight excluding hydrogens is 164 g/mol. The lowest BCUT2D eigenvalue weighted by Crippen LogP contribution is -2.20. The molecule has 0 bridgehead atoms. The Bertz CT molecular complexity index is 278. The van der Waals surface area contributed by atoms with Crippen LogP contribution in [0, 0.1) is 0 Å². The summed E-state index contributed by atoms with van der Waals surface area (Å²) in [6.45, 7) is 0.873. The van der Waals surface area contributed by atoms with Crippen LogP contribution in [0.1, 0.15) is 18.5 Å². The van der Waals surface area contributed by atoms with Gasteiger partial charge in [-0.3, -0.25) is 9.88 Å². The smallest absolute Gasteiger partial charge is 0.141 e. The average molecular weight is 178 g/mol. The lowest BCUT2D eigenvalue weighted by molar-refractivity contribution is 0.312. The predicted molar refractivity (Wildman–Crippen MR) is 50.9 cm³/mol. The SMILES string of the molecule is CN(Cc1cnc(N)cn1)C1CC1. The van der Waals surface area contributed by atoms with Crippen molar-refractivity contribution in [3.8, 4) is 0 Å². The summed E-state index contributed by atoms with van der Waals surface area (Å²) in [6, 6.07) is 0.763. The number of nitrogen functional groups attached to an aromatic ring is 1. The molecule has 0 atom stereocenters. The lowest BCUT2D eigenvalue weighted by atomic mass is 10.4. The highest BCUT2D eigenvalue weighted by atomic mass is 15.2. The standard InChI is InChI=1S/C9H14N4/c1-13(8-2-3-8)6-7-4-12-9(10)5-11-7/h4-5,8H,2-3,6H2,1H3,(H2,10,12). The highest BCUT2D eigenvalue weighted by Crippen LogP contribution is 2.26. The maximum absolute atomic E-state index is 5.44. The predicted octanol–water partition coefficient (Wildman–Crippen LogP) is 0.653. The van der Waals surface area contributed by atoms with E-state index in [9.17, 15) is 0 Å². The zero-order chi connectivity index (χ0) is 9.26. The highest BCUT2D eigenvalue weighted by Gasteiger charge is 2.26. The molecule has 1 heterocycles. The minimum absolute atomic E-state index is 0.484. The van der Waals surface area contributed by atoms with Crippen LogP contribution in [0.2, 0.25) is 0 Å². The lowest BCUT2D eigenvalue weighted by Gasteiger charge is -2.14. The molecule has 0 radical (unpaired) electrons. The second-order valence-corrected chi connectivity index (χ2v) is 3.58. The van der Waals surface area contributed by atoms with E-state index in [4.69, 9.17) is 5.73 Å². The molecule has 70 valence electrons. The Labute approximate surface area is 77.8 Å². The summed E-state index contributed by atoms with van der Waals surface area (Å²) in [4.78, 5) is 10.5. The van der Waals surface area contributed by atoms with Gasteiger partial charge in [-0.15, -0.1) is 0 Å². The maximum atomic E-state index is 5.44. The van der Waals surface area contributed by atoms with Crippen LogP contribution in [0.25, 0.3) is 0 Å². The van der Waals surface area contributed by atoms with E-state index in [1.165, 1.54) is 12.8 Å². The molecule has 0 aromatic carbocycles. The van der Waals surface area contributed by atoms with Crippen LogP contribution in [0.3, 0.4) is 0 Å². The van der Waals surface area contributed by atoms with Crippen LogP contribution in [-0.2, 0) is 6.54 Å². The fourth-order valence-corrected chi connectivity index (χ4v) is 1.35. The van der Waals surface area contributed by atoms with E-state index in [1.54, 1.807) is 12.4 Å². The third-order valence-corrected chi connectivity index (χ3v) is 2.31. The van der Waals surface area contributed by atoms with Gasteiger partial charge in [-0.2, -0.15) is 0 Å². The normalized spacial score (nSPS) is 16.5. The van der Waals surface area contributed by atoms with Gasteiger partial charge in [-0.25, -0.2) is 4.98 Å². The third-order valence-electron chi connectivity index (χ3n) is 2.31. The highest BCUT2D eigenvalue weighted by molar-refractivity contribution is 5.22. The summed E-state index contributed by atoms with van der Waals surface area (Å²) >= 11 is 0. The van der Waals surface area contributed by atoms with Crippen molar-refractivity contribution in [3.05, 3.63) is 18.1 Å². The average Bonchev–Trinajstić information content (AvgIpc) is 2.91. The first-order valence-electron chi connectivity index (χ1n) is 4.52. The van der Waals surface area contributed by atoms with Gasteiger partial charge in [-0.1, -0.05) is 0 Å². The summed E-state index contributed by atoms with van der Waals surface area (Å²) in [6.07, 6.45) is 5.99. The van der Waals surface area contributed by atoms with E-state index in [1.807, 2.05) is 0 Å². The van der Waals surface area contributed by atoms with E-state index in [2.05, 4.69) is 21.9 Å². The molecular formula is C9H14N4. The van der Waals surface area contributed by atoms with E-state index >= 15 is 0 Å². The van der Waals surface area contributed by atoms with Crippen LogP contribution in [0.5, 0.6) is 0 Å². The Morgan fingerprint density at radius 1 is 1.46 bits per heavy atom. The van der Waals surface area contributed by atoms with Gasteiger partial charge in [0.15, 0.2) is 0 Å². The minimum Gasteiger partial charge on any atom is -0.382 e. The number of hydrogen-bond acceptors (Lipinski definition) is 4. The fraction of sp³-hybridized carbons (Fsp3) is 0.556. The number of hydrogen-bond donors (Lipinski definition) is 1. The number of aromatic nitrogens is 2. The fourth-order valence-electron chi connectivity index (χ4n) is 1.35. The summed E-state index contributed by atoms with van der Waals surface area (Å²) in [5.41, 5.74) is 6.43. The first kappa shape index (κ1) is 8.44. The van der Waals surface area contributed by atoms with Crippen LogP contribution >= 0.6 is 0 Å². The summed E-state index contributed by atoms with van der Waals surface area (Å²) in [7, 11) is 2.12. The minimum atomic E-state index is 0.484. The Morgan fingerprint density at radius 2 is 2.23 bits per heavy atom. The van der Waals surface area contributed by atoms with Gasteiger partial charge in [0, 0.05) is 12.6 Å². The van der Waals surface area contributed by atoms with Gasteiger partial charge >= 0.3 is 0 Å². The second kappa shape index (κ2) is 3.30. The third kappa shape index (κ3) is 2.15. The number of nitrogens with zero attached hydrogens (tertiary/aromatic N) is 3. The molecule has 0 unspecified atom stereocenters. The van der Waals surface area contributed by atoms with E-state index in [0.717, 1.165) is 18.3 Å². The zero-order valence-corrected chi connectivity index (χ0v) is 7.77. The van der Waals surface area contributed by atoms with Crippen LogP contribution in [0.15, 0.2) is 12.4 Å². The second-order valence-electron chi connectivity index (χ2n) is 3.58. The Morgan fingerprint density at radius 3 is 2.77 bits per heavy atom. The van der Waals surface area contributed by atoms with Gasteiger partial charge < -0.3 is 5.73 Å². The molecule has 0 spiro atoms. The molecule has 0 amide bonds. The van der Waals surface area contributed by atoms with Crippen molar-refractivity contribution < 1.29 is 0 Å². The van der Waals surface area contributed by atoms with Crippen molar-refractivity contribution in [2.45, 2.75) is 25.4 Å². The summed E-state index contributed by atoms with van der Waals surface area (Å²) in [5, 5.41) is 0. The van der Waals surface area contributed by atoms with E-state index in [-0.39, 0.29) is 0 Å². The summed E-state index contributed by atoms with van der Waals surface area (Å²) in [5.74, 6) is 0.484. The molecule has 4 heteroatoms. The first-order valence-corrected chi connectivity index (χ1v) is 4.52. The largest absolute Gasteiger partial charge is 0.382 e. The van der Waals surface area contributed by atoms with Crippen molar-refractivity contribution in [1.29, 1.82) is 0 Å². The molecule has 1 aliphatic rings. The van der Waals surface area contributed by atoms with E-state index < -0.39 is 0 Å². The Balaban J connectivity index is 1.96. The monoisotopic (exact) mass is 178 g/mol. The quantitative estimate of drug-likeness (QED) is 0.738. The van der Waals surface area contributed by atoms with Crippen molar-refractivity contribution in [3.63, 3.8) is 0 Å². The molecule has 1 aromatic rings. The Hall–Kier alpha value is -1.16. The number of anilines is 1. The molecule has 1 fully saturated rings. The molecule has 1 aromatic heterocycles. The number of nitrogens with two attached hydrogens (primary N) is 1. The first-order chi connectivity index (χ1) is 6.25. The van der Waals surface area contributed by atoms with Crippen molar-refractivity contribution >= 4 is 5.82 Å². The van der Waals surface area contributed by atoms with Gasteiger partial charge in [0.25, 0.3) is 0 Å². The van der Waals surface area contributed by atoms with Crippen LogP contribution in [0.4, 0.5) is 5.82 Å². The molecule has 1 saturated carbocycles. The molecule has 0 saturated heterocycles. The molecule has 1 aliphatic carbocycles. The molecule has 2 rings (SSSR count). The molecule has 0 aliphatic heterocycles. The molecule has 4 nitrogen and oxygen atoms in total. The van der Waals surface area contributed by atoms with Crippen LogP contribution in [-0.4, -0.2) is 28.0 Å². The molecule has 13 heavy (non-hydrogen) atoms. The van der Waals surface area contributed by atoms with Gasteiger partial charge in [0.05, 0.1) is 18.1 Å². The van der Waals surface area contributed by atoms with Crippen molar-refractivity contribution in [2.24, 2.45) is 0 Å². The van der Waals surface area contributed by atoms with Gasteiger partial charge in [0.2, 0.25) is 0 Å². The Kier molecular flexibility index (Phi) is 2.14. The van der Waals surface area contributed by atoms with E-state index in [0.29, 0.717) is 5.82 Å². The number of rotatable bonds is 3. The van der Waals surface area contributed by atoms with Crippen molar-refractivity contribution in [2.75, 3.05) is 12.8 Å². The van der Waals surface area contributed by atoms with Gasteiger partial charge in [0.1, 0.15) is 5.82 Å². The topological polar surface area (TPSA) is 55.0 Å². The van der Waals surface area contributed by atoms with Crippen molar-refractivity contribution in [1.82, 2.24) is 14.9 Å². The zero-order valence-electron chi connectivity index (χ0n) is 7.77. The van der Waals surface area contributed by atoms with Crippen LogP contribution < -0.4 is 5.73 Å². The summed E-state index contributed by atoms with van der Waals surface area (Å²) < 4.78 is 0.